The molecule has 0 fully saturated rings. The highest BCUT2D eigenvalue weighted by atomic mass is 19.2. The average Bonchev–Trinajstić information content (AvgIpc) is 2.70. The zero-order chi connectivity index (χ0) is 15.6. The van der Waals surface area contributed by atoms with E-state index in [1.165, 1.54) is 0 Å². The zero-order valence-corrected chi connectivity index (χ0v) is 10.1. The molecule has 8 heteroatoms. The van der Waals surface area contributed by atoms with Gasteiger partial charge in [-0.3, -0.25) is 0 Å². The lowest BCUT2D eigenvalue weighted by Crippen LogP contribution is -2.03. The van der Waals surface area contributed by atoms with Gasteiger partial charge in [0, 0.05) is 5.39 Å². The van der Waals surface area contributed by atoms with Crippen molar-refractivity contribution in [2.45, 2.75) is 0 Å². The van der Waals surface area contributed by atoms with E-state index >= 15 is 0 Å². The van der Waals surface area contributed by atoms with Crippen molar-refractivity contribution in [1.29, 1.82) is 0 Å². The SMILES string of the molecule is COc1c(F)c(F)c2c(F)c(F)c(F)c3c2c1C(F)=C3F. The van der Waals surface area contributed by atoms with Crippen molar-refractivity contribution in [2.24, 2.45) is 0 Å². The van der Waals surface area contributed by atoms with Crippen LogP contribution in [0.15, 0.2) is 0 Å². The highest BCUT2D eigenvalue weighted by molar-refractivity contribution is 6.12. The molecule has 0 radical (unpaired) electrons. The van der Waals surface area contributed by atoms with Crippen molar-refractivity contribution in [1.82, 2.24) is 0 Å². The van der Waals surface area contributed by atoms with E-state index in [2.05, 4.69) is 4.74 Å². The fourth-order valence-electron chi connectivity index (χ4n) is 2.38. The van der Waals surface area contributed by atoms with E-state index in [0.29, 0.717) is 0 Å². The molecule has 1 aliphatic carbocycles. The molecule has 0 heterocycles. The Morgan fingerprint density at radius 2 is 1.10 bits per heavy atom. The summed E-state index contributed by atoms with van der Waals surface area (Å²) in [5, 5.41) is -2.32. The van der Waals surface area contributed by atoms with Gasteiger partial charge in [-0.1, -0.05) is 0 Å². The van der Waals surface area contributed by atoms with E-state index in [9.17, 15) is 30.7 Å². The first kappa shape index (κ1) is 13.7. The molecule has 3 rings (SSSR count). The Kier molecular flexibility index (Phi) is 2.69. The van der Waals surface area contributed by atoms with Crippen LogP contribution in [0.3, 0.4) is 0 Å². The van der Waals surface area contributed by atoms with Gasteiger partial charge in [-0.25, -0.2) is 26.3 Å². The summed E-state index contributed by atoms with van der Waals surface area (Å²) in [5.41, 5.74) is -2.29. The maximum Gasteiger partial charge on any atom is 0.202 e. The summed E-state index contributed by atoms with van der Waals surface area (Å²) in [6.45, 7) is 0. The van der Waals surface area contributed by atoms with E-state index in [1.54, 1.807) is 0 Å². The molecule has 2 aromatic rings. The highest BCUT2D eigenvalue weighted by Crippen LogP contribution is 2.51. The van der Waals surface area contributed by atoms with Crippen molar-refractivity contribution >= 4 is 22.4 Å². The standard InChI is InChI=1S/C13H3F7O/c1-21-13-5-2-3(6(14)10(5)18)7(15)11(19)8(16)4(2)9(17)12(13)20/h1H3. The second kappa shape index (κ2) is 4.12. The maximum absolute atomic E-state index is 13.8. The van der Waals surface area contributed by atoms with Gasteiger partial charge in [0.05, 0.1) is 23.6 Å². The van der Waals surface area contributed by atoms with E-state index in [4.69, 9.17) is 0 Å². The summed E-state index contributed by atoms with van der Waals surface area (Å²) < 4.78 is 100. The third kappa shape index (κ3) is 1.42. The molecule has 0 saturated heterocycles. The van der Waals surface area contributed by atoms with Crippen LogP contribution in [-0.2, 0) is 0 Å². The van der Waals surface area contributed by atoms with Crippen molar-refractivity contribution in [3.63, 3.8) is 0 Å². The summed E-state index contributed by atoms with van der Waals surface area (Å²) >= 11 is 0. The van der Waals surface area contributed by atoms with Crippen LogP contribution < -0.4 is 4.74 Å². The first-order valence-electron chi connectivity index (χ1n) is 5.44. The maximum atomic E-state index is 13.8. The van der Waals surface area contributed by atoms with Gasteiger partial charge in [-0.15, -0.1) is 0 Å². The summed E-state index contributed by atoms with van der Waals surface area (Å²) in [5.74, 6) is -14.8. The minimum atomic E-state index is -2.23. The Bertz CT molecular complexity index is 854. The van der Waals surface area contributed by atoms with Gasteiger partial charge < -0.3 is 4.74 Å². The first-order valence-corrected chi connectivity index (χ1v) is 5.44. The number of ether oxygens (including phenoxy) is 1. The summed E-state index contributed by atoms with van der Waals surface area (Å²) in [6.07, 6.45) is 0. The lowest BCUT2D eigenvalue weighted by molar-refractivity contribution is 0.371. The van der Waals surface area contributed by atoms with Gasteiger partial charge in [0.2, 0.25) is 5.82 Å². The third-order valence-electron chi connectivity index (χ3n) is 3.25. The number of hydrogen-bond acceptors (Lipinski definition) is 1. The second-order valence-electron chi connectivity index (χ2n) is 4.23. The van der Waals surface area contributed by atoms with Crippen molar-refractivity contribution < 1.29 is 35.5 Å². The molecule has 1 aliphatic rings. The van der Waals surface area contributed by atoms with Crippen molar-refractivity contribution in [3.8, 4) is 5.75 Å². The Morgan fingerprint density at radius 1 is 0.571 bits per heavy atom. The van der Waals surface area contributed by atoms with Crippen LogP contribution in [0, 0.1) is 29.1 Å². The third-order valence-corrected chi connectivity index (χ3v) is 3.25. The quantitative estimate of drug-likeness (QED) is 0.551. The Hall–Kier alpha value is -2.25. The number of methoxy groups -OCH3 is 1. The highest BCUT2D eigenvalue weighted by Gasteiger charge is 2.38. The fraction of sp³-hybridized carbons (Fsp3) is 0.0769. The monoisotopic (exact) mass is 308 g/mol. The largest absolute Gasteiger partial charge is 0.493 e. The molecule has 0 N–H and O–H groups in total. The number of benzene rings is 2. The van der Waals surface area contributed by atoms with Crippen molar-refractivity contribution in [2.75, 3.05) is 7.11 Å². The smallest absolute Gasteiger partial charge is 0.202 e. The molecule has 0 amide bonds. The number of rotatable bonds is 1. The van der Waals surface area contributed by atoms with Gasteiger partial charge in [0.25, 0.3) is 0 Å². The Morgan fingerprint density at radius 3 is 1.67 bits per heavy atom. The average molecular weight is 308 g/mol. The van der Waals surface area contributed by atoms with E-state index in [0.717, 1.165) is 7.11 Å². The van der Waals surface area contributed by atoms with E-state index in [1.807, 2.05) is 0 Å². The first-order chi connectivity index (χ1) is 9.82. The molecule has 0 bridgehead atoms. The molecule has 0 saturated carbocycles. The van der Waals surface area contributed by atoms with Gasteiger partial charge >= 0.3 is 0 Å². The second-order valence-corrected chi connectivity index (χ2v) is 4.23. The molecule has 0 atom stereocenters. The Balaban J connectivity index is 2.72. The van der Waals surface area contributed by atoms with Crippen LogP contribution in [0.5, 0.6) is 5.75 Å². The zero-order valence-electron chi connectivity index (χ0n) is 10.1. The van der Waals surface area contributed by atoms with Crippen LogP contribution in [0.1, 0.15) is 11.1 Å². The molecule has 0 aliphatic heterocycles. The normalized spacial score (nSPS) is 13.5. The lowest BCUT2D eigenvalue weighted by atomic mass is 10.0. The molecule has 0 spiro atoms. The van der Waals surface area contributed by atoms with Gasteiger partial charge in [0.1, 0.15) is 0 Å². The van der Waals surface area contributed by atoms with Crippen LogP contribution >= 0.6 is 0 Å². The van der Waals surface area contributed by atoms with Crippen LogP contribution in [-0.4, -0.2) is 7.11 Å². The molecule has 21 heavy (non-hydrogen) atoms. The van der Waals surface area contributed by atoms with Crippen molar-refractivity contribution in [3.05, 3.63) is 40.2 Å². The number of halogens is 7. The molecular formula is C13H3F7O. The van der Waals surface area contributed by atoms with E-state index in [-0.39, 0.29) is 0 Å². The summed E-state index contributed by atoms with van der Waals surface area (Å²) in [6, 6.07) is 0. The minimum absolute atomic E-state index is 0.833. The predicted molar refractivity (Wildman–Crippen MR) is 59.3 cm³/mol. The predicted octanol–water partition coefficient (Wildman–Crippen LogP) is 4.62. The van der Waals surface area contributed by atoms with Gasteiger partial charge in [0.15, 0.2) is 40.7 Å². The molecular weight excluding hydrogens is 305 g/mol. The fourth-order valence-corrected chi connectivity index (χ4v) is 2.38. The number of hydrogen-bond donors (Lipinski definition) is 0. The molecule has 110 valence electrons. The molecule has 0 unspecified atom stereocenters. The molecule has 0 aromatic heterocycles. The van der Waals surface area contributed by atoms with Gasteiger partial charge in [-0.2, -0.15) is 4.39 Å². The Labute approximate surface area is 112 Å². The van der Waals surface area contributed by atoms with Crippen LogP contribution in [0.25, 0.3) is 22.4 Å². The molecule has 2 aromatic carbocycles. The lowest BCUT2D eigenvalue weighted by Gasteiger charge is -2.12. The molecule has 1 nitrogen and oxygen atoms in total. The van der Waals surface area contributed by atoms with Crippen LogP contribution in [0.2, 0.25) is 0 Å². The minimum Gasteiger partial charge on any atom is -0.493 e. The van der Waals surface area contributed by atoms with Gasteiger partial charge in [-0.05, 0) is 0 Å². The summed E-state index contributed by atoms with van der Waals surface area (Å²) in [4.78, 5) is 0. The topological polar surface area (TPSA) is 9.23 Å². The summed E-state index contributed by atoms with van der Waals surface area (Å²) in [7, 11) is 0.833. The van der Waals surface area contributed by atoms with Crippen LogP contribution in [0.4, 0.5) is 30.7 Å². The van der Waals surface area contributed by atoms with E-state index < -0.39 is 68.4 Å².